The number of hydrogen-bond donors (Lipinski definition) is 2. The number of aliphatic hydroxyl groups is 1. The van der Waals surface area contributed by atoms with Gasteiger partial charge in [0.15, 0.2) is 39.6 Å². The van der Waals surface area contributed by atoms with Gasteiger partial charge in [-0.1, -0.05) is 29.9 Å². The van der Waals surface area contributed by atoms with Crippen LogP contribution in [0.2, 0.25) is 0 Å². The predicted octanol–water partition coefficient (Wildman–Crippen LogP) is 3.81. The summed E-state index contributed by atoms with van der Waals surface area (Å²) in [7, 11) is 0. The normalized spacial score (nSPS) is 35.2. The first-order chi connectivity index (χ1) is 22.8. The highest BCUT2D eigenvalue weighted by Gasteiger charge is 2.56. The molecule has 3 aromatic rings. The summed E-state index contributed by atoms with van der Waals surface area (Å²) in [6.45, 7) is -6.72. The smallest absolute Gasteiger partial charge is 0.191 e. The maximum atomic E-state index is 14.0. The van der Waals surface area contributed by atoms with E-state index in [1.165, 1.54) is 10.7 Å². The molecule has 0 radical (unpaired) electrons. The summed E-state index contributed by atoms with van der Waals surface area (Å²) in [6, 6.07) is 2.26. The second-order valence-corrected chi connectivity index (χ2v) is 10.7. The second-order valence-electron chi connectivity index (χ2n) is 9.89. The lowest BCUT2D eigenvalue weighted by atomic mass is 10.1. The largest absolute Gasteiger partial charge is 0.394 e. The van der Waals surface area contributed by atoms with Gasteiger partial charge in [0.05, 0.1) is 30.7 Å². The maximum absolute atomic E-state index is 14.0. The van der Waals surface area contributed by atoms with Crippen LogP contribution in [0.15, 0.2) is 23.4 Å². The molecule has 3 fully saturated rings. The zero-order chi connectivity index (χ0) is 37.0. The highest BCUT2D eigenvalue weighted by molar-refractivity contribution is 7.99. The molecule has 6 atom stereocenters. The van der Waals surface area contributed by atoms with Gasteiger partial charge in [0.1, 0.15) is 12.2 Å². The minimum atomic E-state index is -3.38. The first-order valence-electron chi connectivity index (χ1n) is 17.6. The van der Waals surface area contributed by atoms with Crippen molar-refractivity contribution >= 4 is 28.7 Å². The summed E-state index contributed by atoms with van der Waals surface area (Å²) in [5.74, 6) is -3.52. The van der Waals surface area contributed by atoms with E-state index in [1.54, 1.807) is 13.8 Å². The van der Waals surface area contributed by atoms with Crippen LogP contribution >= 0.6 is 11.8 Å². The molecular formula is C26H32F2N6O4S. The van der Waals surface area contributed by atoms with Crippen molar-refractivity contribution < 1.29 is 43.2 Å². The molecule has 2 saturated carbocycles. The molecule has 2 aliphatic carbocycles. The summed E-state index contributed by atoms with van der Waals surface area (Å²) in [6.07, 6.45) is -6.08. The number of rotatable bonds is 10. The van der Waals surface area contributed by atoms with Crippen LogP contribution in [-0.4, -0.2) is 79.0 Å². The Bertz CT molecular complexity index is 1800. The number of fused-ring (bicyclic) bond motifs is 2. The molecule has 39 heavy (non-hydrogen) atoms. The highest BCUT2D eigenvalue weighted by atomic mass is 32.2. The quantitative estimate of drug-likeness (QED) is 0.274. The summed E-state index contributed by atoms with van der Waals surface area (Å²) >= 11 is 0.118. The van der Waals surface area contributed by atoms with Crippen molar-refractivity contribution in [2.75, 3.05) is 24.1 Å². The van der Waals surface area contributed by atoms with Crippen LogP contribution in [0.25, 0.3) is 11.2 Å². The van der Waals surface area contributed by atoms with Crippen molar-refractivity contribution in [3.8, 4) is 0 Å². The van der Waals surface area contributed by atoms with Crippen molar-refractivity contribution in [1.82, 2.24) is 25.0 Å². The lowest BCUT2D eigenvalue weighted by Gasteiger charge is -2.23. The Labute approximate surface area is 244 Å². The van der Waals surface area contributed by atoms with Crippen LogP contribution < -0.4 is 5.32 Å². The minimum Gasteiger partial charge on any atom is -0.394 e. The maximum Gasteiger partial charge on any atom is 0.191 e. The van der Waals surface area contributed by atoms with Crippen LogP contribution in [0.5, 0.6) is 0 Å². The molecule has 13 heteroatoms. The van der Waals surface area contributed by atoms with Crippen LogP contribution in [0.4, 0.5) is 14.6 Å². The number of halogens is 2. The minimum absolute atomic E-state index is 0.000144. The number of nitrogens with one attached hydrogen (secondary N) is 1. The number of hydrogen-bond acceptors (Lipinski definition) is 10. The third-order valence-corrected chi connectivity index (χ3v) is 7.50. The fraction of sp³-hybridized carbons (Fsp3) is 0.615. The molecule has 1 aliphatic heterocycles. The van der Waals surface area contributed by atoms with E-state index in [-0.39, 0.29) is 47.1 Å². The average Bonchev–Trinajstić information content (AvgIpc) is 3.31. The van der Waals surface area contributed by atoms with Gasteiger partial charge in [-0.25, -0.2) is 23.4 Å². The first kappa shape index (κ1) is 16.7. The monoisotopic (exact) mass is 573 g/mol. The Morgan fingerprint density at radius 1 is 1.26 bits per heavy atom. The molecule has 0 bridgehead atoms. The van der Waals surface area contributed by atoms with Gasteiger partial charge in [-0.2, -0.15) is 0 Å². The van der Waals surface area contributed by atoms with E-state index in [0.717, 1.165) is 12.1 Å². The fourth-order valence-corrected chi connectivity index (χ4v) is 5.67. The molecule has 2 aromatic heterocycles. The number of anilines is 1. The zero-order valence-electron chi connectivity index (χ0n) is 31.7. The lowest BCUT2D eigenvalue weighted by Crippen LogP contribution is -2.31. The third-order valence-electron chi connectivity index (χ3n) is 6.93. The zero-order valence-corrected chi connectivity index (χ0v) is 21.5. The molecule has 2 N–H and O–H groups in total. The Balaban J connectivity index is 1.39. The molecular weight excluding hydrogens is 530 g/mol. The fourth-order valence-electron chi connectivity index (χ4n) is 5.26. The molecule has 210 valence electrons. The number of nitrogens with zero attached hydrogens (tertiary/aromatic N) is 5. The van der Waals surface area contributed by atoms with Crippen LogP contribution in [-0.2, 0) is 14.2 Å². The van der Waals surface area contributed by atoms with Gasteiger partial charge in [0, 0.05) is 33.7 Å². The summed E-state index contributed by atoms with van der Waals surface area (Å²) in [5, 5.41) is 21.0. The van der Waals surface area contributed by atoms with Crippen molar-refractivity contribution in [2.45, 2.75) is 87.2 Å². The second kappa shape index (κ2) is 10.5. The van der Waals surface area contributed by atoms with Crippen LogP contribution in [0.3, 0.4) is 0 Å². The SMILES string of the molecule is [2H]C([2H])([2H])C([2H])([2H])C([2H])([2H])Sc1nc(N[C@@H]2C[C@H]2c2ccc(F)c(F)c2)c2nnn([C@@H]3C[C@H](OC([2H])([2H])C([2H])([2H])O)[C@H]4OC(C)(C)O[C@H]43)c2n1. The third kappa shape index (κ3) is 5.22. The molecule has 3 aliphatic rings. The van der Waals surface area contributed by atoms with E-state index >= 15 is 0 Å². The van der Waals surface area contributed by atoms with Gasteiger partial charge in [-0.3, -0.25) is 0 Å². The molecule has 6 rings (SSSR count). The summed E-state index contributed by atoms with van der Waals surface area (Å²) in [5.41, 5.74) is -2.58. The van der Waals surface area contributed by atoms with Gasteiger partial charge < -0.3 is 24.6 Å². The van der Waals surface area contributed by atoms with Gasteiger partial charge in [0.25, 0.3) is 0 Å². The number of aromatic nitrogens is 5. The Morgan fingerprint density at radius 3 is 2.90 bits per heavy atom. The van der Waals surface area contributed by atoms with E-state index in [4.69, 9.17) is 29.3 Å². The van der Waals surface area contributed by atoms with Crippen LogP contribution in [0, 0.1) is 11.6 Å². The van der Waals surface area contributed by atoms with Gasteiger partial charge >= 0.3 is 0 Å². The van der Waals surface area contributed by atoms with E-state index < -0.39 is 79.0 Å². The van der Waals surface area contributed by atoms with Gasteiger partial charge in [-0.15, -0.1) is 5.10 Å². The van der Waals surface area contributed by atoms with E-state index in [1.807, 2.05) is 0 Å². The lowest BCUT2D eigenvalue weighted by molar-refractivity contribution is -0.171. The summed E-state index contributed by atoms with van der Waals surface area (Å²) in [4.78, 5) is 8.74. The number of thioether (sulfide) groups is 1. The average molecular weight is 574 g/mol. The van der Waals surface area contributed by atoms with E-state index in [9.17, 15) is 13.9 Å². The summed E-state index contributed by atoms with van der Waals surface area (Å²) < 4.78 is 133. The van der Waals surface area contributed by atoms with Crippen molar-refractivity contribution in [3.05, 3.63) is 35.4 Å². The van der Waals surface area contributed by atoms with Crippen LogP contribution in [0.1, 0.15) is 72.5 Å². The van der Waals surface area contributed by atoms with Gasteiger partial charge in [0.2, 0.25) is 0 Å². The Kier molecular flexibility index (Phi) is 4.51. The van der Waals surface area contributed by atoms with Crippen molar-refractivity contribution in [3.63, 3.8) is 0 Å². The molecule has 10 nitrogen and oxygen atoms in total. The van der Waals surface area contributed by atoms with Crippen molar-refractivity contribution in [2.24, 2.45) is 0 Å². The molecule has 0 amide bonds. The molecule has 0 unspecified atom stereocenters. The van der Waals surface area contributed by atoms with Crippen molar-refractivity contribution in [1.29, 1.82) is 0 Å². The standard InChI is InChI=1S/C26H32F2N6O4S/c1-4-9-39-25-30-23(29-17-11-14(17)13-5-6-15(27)16(28)10-13)20-24(31-25)34(33-32-20)18-12-19(36-8-7-35)22-21(18)37-26(2,3)38-22/h5-6,10,14,17-19,21-22,35H,4,7-9,11-12H2,1-3H3,(H,29,30,31)/t14-,17+,18+,19-,21-,22+/m0/s1/i1D3,4D2,7D2,8D2,9D2. The molecule has 0 spiro atoms. The number of benzene rings is 1. The van der Waals surface area contributed by atoms with E-state index in [2.05, 4.69) is 25.6 Å². The van der Waals surface area contributed by atoms with Gasteiger partial charge in [-0.05, 0) is 44.3 Å². The Morgan fingerprint density at radius 2 is 2.10 bits per heavy atom. The number of ether oxygens (including phenoxy) is 3. The highest BCUT2D eigenvalue weighted by Crippen LogP contribution is 2.46. The first-order valence-corrected chi connectivity index (χ1v) is 12.9. The topological polar surface area (TPSA) is 116 Å². The van der Waals surface area contributed by atoms with E-state index in [0.29, 0.717) is 12.0 Å². The molecule has 1 saturated heterocycles. The Hall–Kier alpha value is -2.45. The molecule has 3 heterocycles. The predicted molar refractivity (Wildman–Crippen MR) is 140 cm³/mol. The molecule has 1 aromatic carbocycles.